The smallest absolute Gasteiger partial charge is 0.268 e. The van der Waals surface area contributed by atoms with E-state index < -0.39 is 10.0 Å². The monoisotopic (exact) mass is 373 g/mol. The molecular formula is C18H19N3O4S. The maximum absolute atomic E-state index is 12.9. The highest BCUT2D eigenvalue weighted by Crippen LogP contribution is 2.27. The van der Waals surface area contributed by atoms with E-state index in [4.69, 9.17) is 5.11 Å². The van der Waals surface area contributed by atoms with Crippen molar-refractivity contribution in [3.63, 3.8) is 0 Å². The molecule has 0 fully saturated rings. The van der Waals surface area contributed by atoms with E-state index in [9.17, 15) is 13.2 Å². The summed E-state index contributed by atoms with van der Waals surface area (Å²) in [5.74, 6) is -0.274. The molecule has 1 amide bonds. The molecule has 0 bridgehead atoms. The minimum atomic E-state index is -3.72. The van der Waals surface area contributed by atoms with E-state index in [2.05, 4.69) is 10.6 Å². The molecule has 26 heavy (non-hydrogen) atoms. The van der Waals surface area contributed by atoms with Gasteiger partial charge in [0.25, 0.3) is 10.0 Å². The van der Waals surface area contributed by atoms with Crippen LogP contribution in [0, 0.1) is 0 Å². The van der Waals surface area contributed by atoms with Gasteiger partial charge in [0.1, 0.15) is 0 Å². The Labute approximate surface area is 151 Å². The van der Waals surface area contributed by atoms with Crippen LogP contribution in [0.25, 0.3) is 10.9 Å². The first-order valence-corrected chi connectivity index (χ1v) is 9.50. The highest BCUT2D eigenvalue weighted by atomic mass is 32.2. The van der Waals surface area contributed by atoms with Gasteiger partial charge in [-0.25, -0.2) is 12.4 Å². The fourth-order valence-corrected chi connectivity index (χ4v) is 4.01. The number of hydrogen-bond acceptors (Lipinski definition) is 5. The fourth-order valence-electron chi connectivity index (χ4n) is 2.64. The number of aliphatic hydroxyl groups excluding tert-OH is 1. The van der Waals surface area contributed by atoms with Crippen LogP contribution >= 0.6 is 0 Å². The van der Waals surface area contributed by atoms with Crippen LogP contribution in [0.1, 0.15) is 0 Å². The van der Waals surface area contributed by atoms with E-state index in [1.54, 1.807) is 54.6 Å². The Kier molecular flexibility index (Phi) is 5.36. The highest BCUT2D eigenvalue weighted by molar-refractivity contribution is 7.90. The van der Waals surface area contributed by atoms with Gasteiger partial charge in [-0.2, -0.15) is 0 Å². The van der Waals surface area contributed by atoms with Crippen LogP contribution in [0.5, 0.6) is 0 Å². The van der Waals surface area contributed by atoms with Crippen molar-refractivity contribution in [1.82, 2.24) is 9.29 Å². The molecule has 0 saturated heterocycles. The number of fused-ring (bicyclic) bond motifs is 1. The third-order valence-electron chi connectivity index (χ3n) is 3.85. The Bertz CT molecular complexity index is 1010. The lowest BCUT2D eigenvalue weighted by Gasteiger charge is -2.10. The lowest BCUT2D eigenvalue weighted by Crippen LogP contribution is -2.30. The first-order chi connectivity index (χ1) is 12.5. The molecule has 0 radical (unpaired) electrons. The summed E-state index contributed by atoms with van der Waals surface area (Å²) in [6.07, 6.45) is 1.48. The molecule has 136 valence electrons. The van der Waals surface area contributed by atoms with Gasteiger partial charge in [-0.05, 0) is 30.3 Å². The molecule has 8 heteroatoms. The molecule has 1 aromatic heterocycles. The van der Waals surface area contributed by atoms with Gasteiger partial charge in [0.15, 0.2) is 0 Å². The highest BCUT2D eigenvalue weighted by Gasteiger charge is 2.19. The molecule has 0 spiro atoms. The predicted octanol–water partition coefficient (Wildman–Crippen LogP) is 1.40. The van der Waals surface area contributed by atoms with E-state index in [-0.39, 0.29) is 24.0 Å². The summed E-state index contributed by atoms with van der Waals surface area (Å²) in [6, 6.07) is 14.9. The zero-order valence-electron chi connectivity index (χ0n) is 13.9. The molecule has 0 aliphatic rings. The molecule has 3 N–H and O–H groups in total. The van der Waals surface area contributed by atoms with Crippen molar-refractivity contribution in [3.8, 4) is 0 Å². The molecule has 2 aromatic carbocycles. The molecule has 1 heterocycles. The standard InChI is InChI=1S/C18H19N3O4S/c22-12-10-19-13-18(23)20-16-7-4-8-17-15(16)9-11-21(17)26(24,25)14-5-2-1-3-6-14/h1-9,11,19,22H,10,12-13H2,(H,20,23). The molecular weight excluding hydrogens is 354 g/mol. The molecule has 0 unspecified atom stereocenters. The summed E-state index contributed by atoms with van der Waals surface area (Å²) in [7, 11) is -3.72. The third-order valence-corrected chi connectivity index (χ3v) is 5.55. The summed E-state index contributed by atoms with van der Waals surface area (Å²) in [5, 5.41) is 14.9. The zero-order valence-corrected chi connectivity index (χ0v) is 14.7. The minimum absolute atomic E-state index is 0.0525. The van der Waals surface area contributed by atoms with Crippen LogP contribution in [0.3, 0.4) is 0 Å². The summed E-state index contributed by atoms with van der Waals surface area (Å²) in [6.45, 7) is 0.326. The molecule has 0 atom stereocenters. The lowest BCUT2D eigenvalue weighted by atomic mass is 10.2. The number of rotatable bonds is 7. The van der Waals surface area contributed by atoms with Crippen molar-refractivity contribution in [1.29, 1.82) is 0 Å². The van der Waals surface area contributed by atoms with E-state index in [0.29, 0.717) is 23.1 Å². The fraction of sp³-hybridized carbons (Fsp3) is 0.167. The molecule has 3 aromatic rings. The lowest BCUT2D eigenvalue weighted by molar-refractivity contribution is -0.115. The van der Waals surface area contributed by atoms with Crippen molar-refractivity contribution >= 4 is 32.5 Å². The number of anilines is 1. The second-order valence-electron chi connectivity index (χ2n) is 5.62. The Morgan fingerprint density at radius 1 is 1.04 bits per heavy atom. The van der Waals surface area contributed by atoms with Crippen LogP contribution in [-0.4, -0.2) is 43.1 Å². The SMILES string of the molecule is O=C(CNCCO)Nc1cccc2c1ccn2S(=O)(=O)c1ccccc1. The number of aromatic nitrogens is 1. The van der Waals surface area contributed by atoms with Crippen LogP contribution < -0.4 is 10.6 Å². The van der Waals surface area contributed by atoms with E-state index in [1.807, 2.05) is 0 Å². The van der Waals surface area contributed by atoms with Crippen molar-refractivity contribution in [2.24, 2.45) is 0 Å². The van der Waals surface area contributed by atoms with Gasteiger partial charge in [0.05, 0.1) is 29.3 Å². The van der Waals surface area contributed by atoms with Gasteiger partial charge in [0, 0.05) is 18.1 Å². The average molecular weight is 373 g/mol. The topological polar surface area (TPSA) is 100 Å². The first kappa shape index (κ1) is 18.1. The Balaban J connectivity index is 1.93. The Morgan fingerprint density at radius 3 is 2.54 bits per heavy atom. The van der Waals surface area contributed by atoms with Crippen LogP contribution in [0.2, 0.25) is 0 Å². The predicted molar refractivity (Wildman–Crippen MR) is 99.5 cm³/mol. The van der Waals surface area contributed by atoms with Gasteiger partial charge in [-0.15, -0.1) is 0 Å². The number of carbonyl (C=O) groups excluding carboxylic acids is 1. The van der Waals surface area contributed by atoms with Crippen molar-refractivity contribution in [2.75, 3.05) is 25.0 Å². The van der Waals surface area contributed by atoms with Gasteiger partial charge in [-0.3, -0.25) is 4.79 Å². The number of hydrogen-bond donors (Lipinski definition) is 3. The normalized spacial score (nSPS) is 11.6. The zero-order chi connectivity index (χ0) is 18.6. The second kappa shape index (κ2) is 7.69. The number of carbonyl (C=O) groups is 1. The number of amides is 1. The number of benzene rings is 2. The summed E-state index contributed by atoms with van der Waals surface area (Å²) in [5.41, 5.74) is 1.01. The van der Waals surface area contributed by atoms with Gasteiger partial charge in [0.2, 0.25) is 5.91 Å². The van der Waals surface area contributed by atoms with Crippen LogP contribution in [-0.2, 0) is 14.8 Å². The Hall–Kier alpha value is -2.68. The van der Waals surface area contributed by atoms with Crippen molar-refractivity contribution in [3.05, 3.63) is 60.8 Å². The van der Waals surface area contributed by atoms with Gasteiger partial charge < -0.3 is 15.7 Å². The number of nitrogens with zero attached hydrogens (tertiary/aromatic N) is 1. The third kappa shape index (κ3) is 3.62. The average Bonchev–Trinajstić information content (AvgIpc) is 3.09. The number of aliphatic hydroxyl groups is 1. The van der Waals surface area contributed by atoms with Gasteiger partial charge >= 0.3 is 0 Å². The molecule has 7 nitrogen and oxygen atoms in total. The van der Waals surface area contributed by atoms with E-state index >= 15 is 0 Å². The van der Waals surface area contributed by atoms with Crippen molar-refractivity contribution < 1.29 is 18.3 Å². The largest absolute Gasteiger partial charge is 0.395 e. The van der Waals surface area contributed by atoms with E-state index in [0.717, 1.165) is 0 Å². The summed E-state index contributed by atoms with van der Waals surface area (Å²) in [4.78, 5) is 12.2. The Morgan fingerprint density at radius 2 is 1.81 bits per heavy atom. The summed E-state index contributed by atoms with van der Waals surface area (Å²) >= 11 is 0. The molecule has 0 aliphatic carbocycles. The maximum Gasteiger partial charge on any atom is 0.268 e. The summed E-state index contributed by atoms with van der Waals surface area (Å²) < 4.78 is 26.9. The minimum Gasteiger partial charge on any atom is -0.395 e. The van der Waals surface area contributed by atoms with Crippen LogP contribution in [0.15, 0.2) is 65.7 Å². The van der Waals surface area contributed by atoms with Crippen molar-refractivity contribution in [2.45, 2.75) is 4.90 Å². The molecule has 0 aliphatic heterocycles. The number of nitrogens with one attached hydrogen (secondary N) is 2. The first-order valence-electron chi connectivity index (χ1n) is 8.06. The van der Waals surface area contributed by atoms with E-state index in [1.165, 1.54) is 10.2 Å². The maximum atomic E-state index is 12.9. The quantitative estimate of drug-likeness (QED) is 0.544. The van der Waals surface area contributed by atoms with Gasteiger partial charge in [-0.1, -0.05) is 24.3 Å². The second-order valence-corrected chi connectivity index (χ2v) is 7.43. The molecule has 3 rings (SSSR count). The molecule has 0 saturated carbocycles. The van der Waals surface area contributed by atoms with Crippen LogP contribution in [0.4, 0.5) is 5.69 Å².